The summed E-state index contributed by atoms with van der Waals surface area (Å²) in [5.74, 6) is 0.680. The summed E-state index contributed by atoms with van der Waals surface area (Å²) in [5.41, 5.74) is -0.0195. The quantitative estimate of drug-likeness (QED) is 0.809. The monoisotopic (exact) mass is 226 g/mol. The molecule has 0 amide bonds. The molecule has 1 atom stereocenters. The van der Waals surface area contributed by atoms with E-state index in [1.165, 1.54) is 0 Å². The van der Waals surface area contributed by atoms with Gasteiger partial charge in [-0.15, -0.1) is 0 Å². The Bertz CT molecular complexity index is 314. The number of aliphatic hydroxyl groups is 1. The first-order valence-corrected chi connectivity index (χ1v) is 5.95. The number of hydrogen-bond acceptors (Lipinski definition) is 3. The molecule has 0 aliphatic carbocycles. The summed E-state index contributed by atoms with van der Waals surface area (Å²) in [6, 6.07) is 0. The molecule has 0 spiro atoms. The molecule has 0 radical (unpaired) electrons. The Hall–Kier alpha value is -1.03. The van der Waals surface area contributed by atoms with Crippen LogP contribution in [0.3, 0.4) is 0 Å². The van der Waals surface area contributed by atoms with Crippen LogP contribution in [-0.2, 0) is 12.1 Å². The molecular formula is C12H22N2O2. The Morgan fingerprint density at radius 1 is 1.44 bits per heavy atom. The van der Waals surface area contributed by atoms with E-state index >= 15 is 0 Å². The van der Waals surface area contributed by atoms with Crippen molar-refractivity contribution < 1.29 is 9.84 Å². The summed E-state index contributed by atoms with van der Waals surface area (Å²) in [6.45, 7) is 6.81. The van der Waals surface area contributed by atoms with Gasteiger partial charge in [-0.2, -0.15) is 5.10 Å². The molecule has 1 unspecified atom stereocenters. The zero-order chi connectivity index (χ0) is 12.2. The summed E-state index contributed by atoms with van der Waals surface area (Å²) in [4.78, 5) is 0. The van der Waals surface area contributed by atoms with Crippen LogP contribution in [0.5, 0.6) is 5.75 Å². The molecule has 0 aliphatic heterocycles. The maximum absolute atomic E-state index is 10.7. The van der Waals surface area contributed by atoms with Crippen molar-refractivity contribution in [3.05, 3.63) is 11.9 Å². The molecule has 4 nitrogen and oxygen atoms in total. The molecule has 0 fully saturated rings. The van der Waals surface area contributed by atoms with Gasteiger partial charge in [-0.25, -0.2) is 0 Å². The molecule has 1 heterocycles. The van der Waals surface area contributed by atoms with Gasteiger partial charge in [0.15, 0.2) is 5.75 Å². The number of ether oxygens (including phenoxy) is 1. The fourth-order valence-corrected chi connectivity index (χ4v) is 2.10. The average molecular weight is 226 g/mol. The Morgan fingerprint density at radius 3 is 2.56 bits per heavy atom. The first kappa shape index (κ1) is 13.0. The van der Waals surface area contributed by atoms with Gasteiger partial charge in [0.25, 0.3) is 0 Å². The van der Waals surface area contributed by atoms with Crippen LogP contribution in [0.15, 0.2) is 6.20 Å². The van der Waals surface area contributed by atoms with E-state index in [1.54, 1.807) is 13.3 Å². The van der Waals surface area contributed by atoms with Crippen LogP contribution in [0.25, 0.3) is 0 Å². The van der Waals surface area contributed by atoms with Crippen LogP contribution < -0.4 is 4.74 Å². The van der Waals surface area contributed by atoms with Gasteiger partial charge in [0, 0.05) is 6.54 Å². The number of hydrogen-bond donors (Lipinski definition) is 1. The number of aromatic nitrogens is 2. The van der Waals surface area contributed by atoms with E-state index in [9.17, 15) is 5.11 Å². The molecule has 16 heavy (non-hydrogen) atoms. The first-order valence-electron chi connectivity index (χ1n) is 5.95. The van der Waals surface area contributed by atoms with Crippen LogP contribution >= 0.6 is 0 Å². The normalized spacial score (nSPS) is 14.8. The molecular weight excluding hydrogens is 204 g/mol. The van der Waals surface area contributed by atoms with Crippen molar-refractivity contribution >= 4 is 0 Å². The summed E-state index contributed by atoms with van der Waals surface area (Å²) < 4.78 is 7.10. The minimum atomic E-state index is -0.827. The first-order chi connectivity index (χ1) is 7.62. The van der Waals surface area contributed by atoms with E-state index in [4.69, 9.17) is 4.74 Å². The van der Waals surface area contributed by atoms with Gasteiger partial charge in [0.05, 0.1) is 13.3 Å². The third-order valence-electron chi connectivity index (χ3n) is 3.01. The topological polar surface area (TPSA) is 47.3 Å². The van der Waals surface area contributed by atoms with E-state index in [2.05, 4.69) is 12.0 Å². The fourth-order valence-electron chi connectivity index (χ4n) is 2.10. The summed E-state index contributed by atoms with van der Waals surface area (Å²) in [6.07, 6.45) is 4.01. The molecule has 1 N–H and O–H groups in total. The second kappa shape index (κ2) is 5.34. The minimum Gasteiger partial charge on any atom is -0.493 e. The van der Waals surface area contributed by atoms with Crippen molar-refractivity contribution in [2.24, 2.45) is 0 Å². The molecule has 0 bridgehead atoms. The number of rotatable bonds is 6. The van der Waals surface area contributed by atoms with Gasteiger partial charge in [0.1, 0.15) is 11.3 Å². The van der Waals surface area contributed by atoms with E-state index in [1.807, 2.05) is 18.5 Å². The lowest BCUT2D eigenvalue weighted by atomic mass is 9.90. The SMILES string of the molecule is CCCC(O)(CC)c1c(OC)cnn1CC. The molecule has 0 aromatic carbocycles. The highest BCUT2D eigenvalue weighted by Crippen LogP contribution is 2.36. The third-order valence-corrected chi connectivity index (χ3v) is 3.01. The van der Waals surface area contributed by atoms with Crippen molar-refractivity contribution in [3.63, 3.8) is 0 Å². The summed E-state index contributed by atoms with van der Waals surface area (Å²) in [7, 11) is 1.61. The van der Waals surface area contributed by atoms with Crippen molar-refractivity contribution in [1.29, 1.82) is 0 Å². The Labute approximate surface area is 97.2 Å². The average Bonchev–Trinajstić information content (AvgIpc) is 2.72. The van der Waals surface area contributed by atoms with Crippen molar-refractivity contribution in [2.45, 2.75) is 52.2 Å². The van der Waals surface area contributed by atoms with Gasteiger partial charge in [0.2, 0.25) is 0 Å². The van der Waals surface area contributed by atoms with Crippen molar-refractivity contribution in [1.82, 2.24) is 9.78 Å². The molecule has 1 aromatic heterocycles. The van der Waals surface area contributed by atoms with Crippen molar-refractivity contribution in [2.75, 3.05) is 7.11 Å². The lowest BCUT2D eigenvalue weighted by molar-refractivity contribution is 0.0116. The van der Waals surface area contributed by atoms with Crippen LogP contribution in [0.1, 0.15) is 45.7 Å². The highest BCUT2D eigenvalue weighted by molar-refractivity contribution is 5.30. The van der Waals surface area contributed by atoms with Gasteiger partial charge in [-0.05, 0) is 19.8 Å². The zero-order valence-corrected chi connectivity index (χ0v) is 10.7. The number of aryl methyl sites for hydroxylation is 1. The minimum absolute atomic E-state index is 0.670. The molecule has 0 saturated carbocycles. The van der Waals surface area contributed by atoms with Gasteiger partial charge in [-0.3, -0.25) is 4.68 Å². The number of nitrogens with zero attached hydrogens (tertiary/aromatic N) is 2. The zero-order valence-electron chi connectivity index (χ0n) is 10.7. The van der Waals surface area contributed by atoms with E-state index in [0.29, 0.717) is 12.2 Å². The van der Waals surface area contributed by atoms with Crippen LogP contribution in [0.2, 0.25) is 0 Å². The van der Waals surface area contributed by atoms with E-state index in [0.717, 1.165) is 25.1 Å². The maximum Gasteiger partial charge on any atom is 0.162 e. The molecule has 0 saturated heterocycles. The molecule has 92 valence electrons. The highest BCUT2D eigenvalue weighted by atomic mass is 16.5. The van der Waals surface area contributed by atoms with E-state index in [-0.39, 0.29) is 0 Å². The van der Waals surface area contributed by atoms with Gasteiger partial charge < -0.3 is 9.84 Å². The lowest BCUT2D eigenvalue weighted by Crippen LogP contribution is -2.28. The lowest BCUT2D eigenvalue weighted by Gasteiger charge is -2.27. The Kier molecular flexibility index (Phi) is 4.35. The van der Waals surface area contributed by atoms with Crippen LogP contribution in [-0.4, -0.2) is 22.0 Å². The highest BCUT2D eigenvalue weighted by Gasteiger charge is 2.33. The van der Waals surface area contributed by atoms with Crippen molar-refractivity contribution in [3.8, 4) is 5.75 Å². The van der Waals surface area contributed by atoms with Crippen LogP contribution in [0.4, 0.5) is 0 Å². The third kappa shape index (κ3) is 2.21. The maximum atomic E-state index is 10.7. The predicted molar refractivity (Wildman–Crippen MR) is 63.5 cm³/mol. The molecule has 1 rings (SSSR count). The Balaban J connectivity index is 3.20. The van der Waals surface area contributed by atoms with Gasteiger partial charge in [-0.1, -0.05) is 20.3 Å². The predicted octanol–water partition coefficient (Wildman–Crippen LogP) is 2.31. The smallest absolute Gasteiger partial charge is 0.162 e. The summed E-state index contributed by atoms with van der Waals surface area (Å²) >= 11 is 0. The standard InChI is InChI=1S/C12H22N2O2/c1-5-8-12(15,6-2)11-10(16-4)9-13-14(11)7-3/h9,15H,5-8H2,1-4H3. The van der Waals surface area contributed by atoms with Gasteiger partial charge >= 0.3 is 0 Å². The second-order valence-corrected chi connectivity index (χ2v) is 4.01. The largest absolute Gasteiger partial charge is 0.493 e. The van der Waals surface area contributed by atoms with E-state index < -0.39 is 5.60 Å². The fraction of sp³-hybridized carbons (Fsp3) is 0.750. The van der Waals surface area contributed by atoms with Crippen LogP contribution in [0, 0.1) is 0 Å². The molecule has 4 heteroatoms. The second-order valence-electron chi connectivity index (χ2n) is 4.01. The Morgan fingerprint density at radius 2 is 2.12 bits per heavy atom. The molecule has 1 aromatic rings. The number of methoxy groups -OCH3 is 1. The summed E-state index contributed by atoms with van der Waals surface area (Å²) in [5, 5.41) is 14.9. The molecule has 0 aliphatic rings.